The van der Waals surface area contributed by atoms with Crippen LogP contribution in [-0.4, -0.2) is 11.8 Å². The third kappa shape index (κ3) is 6.94. The normalized spacial score (nSPS) is 19.2. The maximum Gasteiger partial charge on any atom is 0.221 e. The first-order valence-corrected chi connectivity index (χ1v) is 13.4. The SMILES string of the molecule is O=C(CCC(=O)NC(c1ccccc1)C1CCCCC1)NC(c1ccccc1)C1CCCCC1. The van der Waals surface area contributed by atoms with Gasteiger partial charge in [-0.2, -0.15) is 0 Å². The third-order valence-corrected chi connectivity index (χ3v) is 7.77. The molecule has 2 fully saturated rings. The van der Waals surface area contributed by atoms with Crippen LogP contribution in [0.25, 0.3) is 0 Å². The number of amides is 2. The number of rotatable bonds is 9. The lowest BCUT2D eigenvalue weighted by atomic mass is 9.81. The van der Waals surface area contributed by atoms with Gasteiger partial charge in [0.05, 0.1) is 12.1 Å². The lowest BCUT2D eigenvalue weighted by Crippen LogP contribution is -2.37. The molecule has 2 N–H and O–H groups in total. The lowest BCUT2D eigenvalue weighted by Gasteiger charge is -2.32. The number of benzene rings is 2. The van der Waals surface area contributed by atoms with Crippen LogP contribution in [0.1, 0.15) is 100 Å². The second-order valence-corrected chi connectivity index (χ2v) is 10.2. The number of nitrogens with one attached hydrogen (secondary N) is 2. The lowest BCUT2D eigenvalue weighted by molar-refractivity contribution is -0.127. The molecule has 2 saturated carbocycles. The Kier molecular flexibility index (Phi) is 9.18. The van der Waals surface area contributed by atoms with Gasteiger partial charge in [-0.05, 0) is 48.6 Å². The molecular weight excluding hydrogens is 420 g/mol. The average Bonchev–Trinajstić information content (AvgIpc) is 2.91. The predicted molar refractivity (Wildman–Crippen MR) is 137 cm³/mol. The molecule has 4 rings (SSSR count). The summed E-state index contributed by atoms with van der Waals surface area (Å²) in [5, 5.41) is 6.58. The van der Waals surface area contributed by atoms with Gasteiger partial charge in [-0.15, -0.1) is 0 Å². The molecule has 2 aromatic carbocycles. The van der Waals surface area contributed by atoms with Crippen LogP contribution < -0.4 is 10.6 Å². The molecule has 0 aromatic heterocycles. The quantitative estimate of drug-likeness (QED) is 0.440. The van der Waals surface area contributed by atoms with Crippen molar-refractivity contribution in [1.29, 1.82) is 0 Å². The summed E-state index contributed by atoms with van der Waals surface area (Å²) in [5.41, 5.74) is 2.35. The highest BCUT2D eigenvalue weighted by Crippen LogP contribution is 2.35. The first-order valence-electron chi connectivity index (χ1n) is 13.4. The summed E-state index contributed by atoms with van der Waals surface area (Å²) in [6.07, 6.45) is 12.6. The van der Waals surface area contributed by atoms with Crippen molar-refractivity contribution in [2.75, 3.05) is 0 Å². The molecule has 0 radical (unpaired) electrons. The summed E-state index contributed by atoms with van der Waals surface area (Å²) in [6, 6.07) is 20.7. The van der Waals surface area contributed by atoms with E-state index in [4.69, 9.17) is 0 Å². The minimum Gasteiger partial charge on any atom is -0.349 e. The van der Waals surface area contributed by atoms with Crippen molar-refractivity contribution in [3.63, 3.8) is 0 Å². The van der Waals surface area contributed by atoms with Crippen molar-refractivity contribution in [3.8, 4) is 0 Å². The number of carbonyl (C=O) groups excluding carboxylic acids is 2. The second kappa shape index (κ2) is 12.7. The monoisotopic (exact) mass is 460 g/mol. The van der Waals surface area contributed by atoms with Gasteiger partial charge in [0.15, 0.2) is 0 Å². The van der Waals surface area contributed by atoms with E-state index in [0.717, 1.165) is 25.7 Å². The highest BCUT2D eigenvalue weighted by molar-refractivity contribution is 5.84. The summed E-state index contributed by atoms with van der Waals surface area (Å²) < 4.78 is 0. The maximum atomic E-state index is 12.9. The smallest absolute Gasteiger partial charge is 0.221 e. The molecule has 0 spiro atoms. The Balaban J connectivity index is 1.34. The maximum absolute atomic E-state index is 12.9. The molecule has 2 amide bonds. The molecule has 0 aliphatic heterocycles. The van der Waals surface area contributed by atoms with E-state index in [1.165, 1.54) is 49.7 Å². The number of hydrogen-bond acceptors (Lipinski definition) is 2. The number of hydrogen-bond donors (Lipinski definition) is 2. The van der Waals surface area contributed by atoms with Crippen molar-refractivity contribution < 1.29 is 9.59 Å². The van der Waals surface area contributed by atoms with E-state index in [9.17, 15) is 9.59 Å². The number of carbonyl (C=O) groups is 2. The zero-order valence-corrected chi connectivity index (χ0v) is 20.4. The summed E-state index contributed by atoms with van der Waals surface area (Å²) >= 11 is 0. The molecule has 2 aromatic rings. The van der Waals surface area contributed by atoms with Crippen LogP contribution >= 0.6 is 0 Å². The standard InChI is InChI=1S/C30H40N2O2/c33-27(31-29(23-13-5-1-6-14-23)24-15-7-2-8-16-24)21-22-28(34)32-30(25-17-9-3-10-18-25)26-19-11-4-12-20-26/h1,3,5-6,9-10,13-14,17-18,24,26,29-30H,2,4,7-8,11-12,15-16,19-22H2,(H,31,33)(H,32,34). The van der Waals surface area contributed by atoms with Crippen molar-refractivity contribution in [2.24, 2.45) is 11.8 Å². The first-order chi connectivity index (χ1) is 16.7. The largest absolute Gasteiger partial charge is 0.349 e. The zero-order chi connectivity index (χ0) is 23.6. The van der Waals surface area contributed by atoms with Crippen molar-refractivity contribution in [3.05, 3.63) is 71.8 Å². The van der Waals surface area contributed by atoms with Gasteiger partial charge in [0, 0.05) is 12.8 Å². The Morgan fingerprint density at radius 1 is 0.588 bits per heavy atom. The van der Waals surface area contributed by atoms with Crippen molar-refractivity contribution >= 4 is 11.8 Å². The molecular formula is C30H40N2O2. The Bertz CT molecular complexity index is 811. The minimum absolute atomic E-state index is 0.0245. The Morgan fingerprint density at radius 3 is 1.29 bits per heavy atom. The van der Waals surface area contributed by atoms with Crippen LogP contribution in [0.4, 0.5) is 0 Å². The van der Waals surface area contributed by atoms with Gasteiger partial charge in [0.1, 0.15) is 0 Å². The van der Waals surface area contributed by atoms with Gasteiger partial charge in [0.2, 0.25) is 11.8 Å². The van der Waals surface area contributed by atoms with E-state index in [1.807, 2.05) is 36.4 Å². The van der Waals surface area contributed by atoms with Gasteiger partial charge < -0.3 is 10.6 Å². The average molecular weight is 461 g/mol. The van der Waals surface area contributed by atoms with E-state index in [2.05, 4.69) is 34.9 Å². The molecule has 2 aliphatic rings. The van der Waals surface area contributed by atoms with E-state index in [-0.39, 0.29) is 36.7 Å². The minimum atomic E-state index is -0.0245. The molecule has 0 saturated heterocycles. The van der Waals surface area contributed by atoms with Crippen LogP contribution in [0.2, 0.25) is 0 Å². The van der Waals surface area contributed by atoms with Crippen LogP contribution in [-0.2, 0) is 9.59 Å². The highest BCUT2D eigenvalue weighted by atomic mass is 16.2. The fourth-order valence-corrected chi connectivity index (χ4v) is 5.92. The van der Waals surface area contributed by atoms with Crippen molar-refractivity contribution in [1.82, 2.24) is 10.6 Å². The molecule has 2 atom stereocenters. The van der Waals surface area contributed by atoms with Crippen LogP contribution in [0.3, 0.4) is 0 Å². The Morgan fingerprint density at radius 2 is 0.941 bits per heavy atom. The third-order valence-electron chi connectivity index (χ3n) is 7.77. The Labute approximate surface area is 204 Å². The van der Waals surface area contributed by atoms with Crippen LogP contribution in [0.5, 0.6) is 0 Å². The Hall–Kier alpha value is -2.62. The molecule has 0 heterocycles. The molecule has 182 valence electrons. The summed E-state index contributed by atoms with van der Waals surface area (Å²) in [7, 11) is 0. The van der Waals surface area contributed by atoms with E-state index in [1.54, 1.807) is 0 Å². The summed E-state index contributed by atoms with van der Waals surface area (Å²) in [5.74, 6) is 0.900. The molecule has 0 bridgehead atoms. The molecule has 2 aliphatic carbocycles. The summed E-state index contributed by atoms with van der Waals surface area (Å²) in [4.78, 5) is 25.9. The van der Waals surface area contributed by atoms with E-state index < -0.39 is 0 Å². The van der Waals surface area contributed by atoms with Gasteiger partial charge in [-0.3, -0.25) is 9.59 Å². The van der Waals surface area contributed by atoms with E-state index in [0.29, 0.717) is 11.8 Å². The topological polar surface area (TPSA) is 58.2 Å². The molecule has 4 heteroatoms. The highest BCUT2D eigenvalue weighted by Gasteiger charge is 2.28. The van der Waals surface area contributed by atoms with Crippen LogP contribution in [0.15, 0.2) is 60.7 Å². The van der Waals surface area contributed by atoms with Gasteiger partial charge in [-0.25, -0.2) is 0 Å². The van der Waals surface area contributed by atoms with Crippen LogP contribution in [0, 0.1) is 11.8 Å². The first kappa shape index (κ1) is 24.5. The zero-order valence-electron chi connectivity index (χ0n) is 20.4. The van der Waals surface area contributed by atoms with E-state index >= 15 is 0 Å². The fraction of sp³-hybridized carbons (Fsp3) is 0.533. The molecule has 4 nitrogen and oxygen atoms in total. The van der Waals surface area contributed by atoms with Gasteiger partial charge >= 0.3 is 0 Å². The molecule has 34 heavy (non-hydrogen) atoms. The molecule has 2 unspecified atom stereocenters. The van der Waals surface area contributed by atoms with Gasteiger partial charge in [0.25, 0.3) is 0 Å². The van der Waals surface area contributed by atoms with Crippen molar-refractivity contribution in [2.45, 2.75) is 89.1 Å². The van der Waals surface area contributed by atoms with Gasteiger partial charge in [-0.1, -0.05) is 99.2 Å². The predicted octanol–water partition coefficient (Wildman–Crippen LogP) is 6.64. The summed E-state index contributed by atoms with van der Waals surface area (Å²) in [6.45, 7) is 0. The fourth-order valence-electron chi connectivity index (χ4n) is 5.92. The second-order valence-electron chi connectivity index (χ2n) is 10.2.